The second-order valence-electron chi connectivity index (χ2n) is 4.40. The third-order valence-corrected chi connectivity index (χ3v) is 2.77. The van der Waals surface area contributed by atoms with Crippen molar-refractivity contribution < 1.29 is 4.39 Å². The maximum absolute atomic E-state index is 13.9. The molecule has 2 heterocycles. The van der Waals surface area contributed by atoms with Gasteiger partial charge in [-0.3, -0.25) is 4.98 Å². The Hall–Kier alpha value is -1.88. The van der Waals surface area contributed by atoms with Gasteiger partial charge in [0.2, 0.25) is 0 Å². The molecule has 0 radical (unpaired) electrons. The lowest BCUT2D eigenvalue weighted by Crippen LogP contribution is -2.26. The summed E-state index contributed by atoms with van der Waals surface area (Å²) in [5.74, 6) is 0.226. The second kappa shape index (κ2) is 6.33. The molecule has 0 aliphatic rings. The predicted octanol–water partition coefficient (Wildman–Crippen LogP) is 2.41. The molecule has 0 bridgehead atoms. The molecule has 0 saturated carbocycles. The first-order valence-corrected chi connectivity index (χ1v) is 6.33. The van der Waals surface area contributed by atoms with Crippen molar-refractivity contribution in [1.82, 2.24) is 20.3 Å². The molecule has 100 valence electrons. The Morgan fingerprint density at radius 3 is 2.63 bits per heavy atom. The normalized spacial score (nSPS) is 12.4. The van der Waals surface area contributed by atoms with Crippen LogP contribution in [0.15, 0.2) is 30.9 Å². The average Bonchev–Trinajstić information content (AvgIpc) is 2.43. The van der Waals surface area contributed by atoms with Crippen molar-refractivity contribution in [3.8, 4) is 0 Å². The van der Waals surface area contributed by atoms with Crippen LogP contribution in [0.25, 0.3) is 0 Å². The summed E-state index contributed by atoms with van der Waals surface area (Å²) in [6.45, 7) is 4.75. The van der Waals surface area contributed by atoms with Gasteiger partial charge < -0.3 is 5.32 Å². The molecule has 1 N–H and O–H groups in total. The van der Waals surface area contributed by atoms with E-state index in [1.807, 2.05) is 6.92 Å². The molecule has 5 heteroatoms. The van der Waals surface area contributed by atoms with E-state index in [0.29, 0.717) is 11.4 Å². The van der Waals surface area contributed by atoms with E-state index in [4.69, 9.17) is 0 Å². The SMILES string of the molecule is CCCNC(c1ncc(C)cn1)c1ccncc1F. The lowest BCUT2D eigenvalue weighted by atomic mass is 10.1. The lowest BCUT2D eigenvalue weighted by Gasteiger charge is -2.18. The molecule has 0 saturated heterocycles. The highest BCUT2D eigenvalue weighted by molar-refractivity contribution is 5.24. The zero-order valence-corrected chi connectivity index (χ0v) is 11.1. The van der Waals surface area contributed by atoms with E-state index in [1.165, 1.54) is 6.20 Å². The Balaban J connectivity index is 2.35. The molecular formula is C14H17FN4. The molecule has 19 heavy (non-hydrogen) atoms. The van der Waals surface area contributed by atoms with E-state index >= 15 is 0 Å². The van der Waals surface area contributed by atoms with Crippen molar-refractivity contribution >= 4 is 0 Å². The third-order valence-electron chi connectivity index (χ3n) is 2.77. The zero-order valence-electron chi connectivity index (χ0n) is 11.1. The maximum Gasteiger partial charge on any atom is 0.149 e. The van der Waals surface area contributed by atoms with Gasteiger partial charge >= 0.3 is 0 Å². The van der Waals surface area contributed by atoms with Crippen LogP contribution in [0.4, 0.5) is 4.39 Å². The number of halogens is 1. The summed E-state index contributed by atoms with van der Waals surface area (Å²) in [6.07, 6.45) is 7.22. The van der Waals surface area contributed by atoms with Gasteiger partial charge in [-0.05, 0) is 31.5 Å². The monoisotopic (exact) mass is 260 g/mol. The van der Waals surface area contributed by atoms with Crippen LogP contribution in [0.2, 0.25) is 0 Å². The molecule has 0 spiro atoms. The summed E-state index contributed by atoms with van der Waals surface area (Å²) in [7, 11) is 0. The van der Waals surface area contributed by atoms with E-state index in [2.05, 4.69) is 27.2 Å². The molecular weight excluding hydrogens is 243 g/mol. The quantitative estimate of drug-likeness (QED) is 0.897. The minimum Gasteiger partial charge on any atom is -0.304 e. The van der Waals surface area contributed by atoms with Crippen molar-refractivity contribution in [2.24, 2.45) is 0 Å². The minimum absolute atomic E-state index is 0.344. The first-order chi connectivity index (χ1) is 9.22. The van der Waals surface area contributed by atoms with Crippen molar-refractivity contribution in [2.45, 2.75) is 26.3 Å². The molecule has 1 unspecified atom stereocenters. The number of hydrogen-bond donors (Lipinski definition) is 1. The van der Waals surface area contributed by atoms with Gasteiger partial charge in [-0.1, -0.05) is 6.92 Å². The first kappa shape index (κ1) is 13.5. The number of nitrogens with one attached hydrogen (secondary N) is 1. The summed E-state index contributed by atoms with van der Waals surface area (Å²) in [6, 6.07) is 1.31. The Kier molecular flexibility index (Phi) is 4.52. The van der Waals surface area contributed by atoms with Gasteiger partial charge in [0.25, 0.3) is 0 Å². The molecule has 0 amide bonds. The molecule has 0 aliphatic heterocycles. The highest BCUT2D eigenvalue weighted by atomic mass is 19.1. The van der Waals surface area contributed by atoms with E-state index < -0.39 is 0 Å². The summed E-state index contributed by atoms with van der Waals surface area (Å²) >= 11 is 0. The number of nitrogens with zero attached hydrogens (tertiary/aromatic N) is 3. The molecule has 0 aromatic carbocycles. The van der Waals surface area contributed by atoms with E-state index in [0.717, 1.165) is 18.5 Å². The molecule has 0 fully saturated rings. The second-order valence-corrected chi connectivity index (χ2v) is 4.40. The predicted molar refractivity (Wildman–Crippen MR) is 71.1 cm³/mol. The number of aromatic nitrogens is 3. The molecule has 2 aromatic rings. The standard InChI is InChI=1S/C14H17FN4/c1-3-5-17-13(11-4-6-16-9-12(11)15)14-18-7-10(2)8-19-14/h4,6-9,13,17H,3,5H2,1-2H3. The highest BCUT2D eigenvalue weighted by Crippen LogP contribution is 2.21. The van der Waals surface area contributed by atoms with Gasteiger partial charge in [0.05, 0.1) is 12.2 Å². The van der Waals surface area contributed by atoms with Gasteiger partial charge in [0, 0.05) is 24.2 Å². The Bertz CT molecular complexity index is 527. The fourth-order valence-corrected chi connectivity index (χ4v) is 1.80. The Labute approximate surface area is 112 Å². The smallest absolute Gasteiger partial charge is 0.149 e. The van der Waals surface area contributed by atoms with Crippen LogP contribution in [0.5, 0.6) is 0 Å². The maximum atomic E-state index is 13.9. The van der Waals surface area contributed by atoms with E-state index in [-0.39, 0.29) is 11.9 Å². The fourth-order valence-electron chi connectivity index (χ4n) is 1.80. The van der Waals surface area contributed by atoms with E-state index in [1.54, 1.807) is 24.7 Å². The molecule has 4 nitrogen and oxygen atoms in total. The average molecular weight is 260 g/mol. The van der Waals surface area contributed by atoms with Crippen molar-refractivity contribution in [1.29, 1.82) is 0 Å². The van der Waals surface area contributed by atoms with Gasteiger partial charge in [-0.15, -0.1) is 0 Å². The van der Waals surface area contributed by atoms with Crippen LogP contribution in [-0.2, 0) is 0 Å². The summed E-state index contributed by atoms with van der Waals surface area (Å²) < 4.78 is 13.9. The van der Waals surface area contributed by atoms with E-state index in [9.17, 15) is 4.39 Å². The largest absolute Gasteiger partial charge is 0.304 e. The number of pyridine rings is 1. The topological polar surface area (TPSA) is 50.7 Å². The van der Waals surface area contributed by atoms with Crippen LogP contribution in [0.1, 0.15) is 36.3 Å². The van der Waals surface area contributed by atoms with Crippen LogP contribution >= 0.6 is 0 Å². The molecule has 2 rings (SSSR count). The minimum atomic E-state index is -0.347. The van der Waals surface area contributed by atoms with Crippen molar-refractivity contribution in [3.63, 3.8) is 0 Å². The summed E-state index contributed by atoms with van der Waals surface area (Å²) in [4.78, 5) is 12.3. The Morgan fingerprint density at radius 2 is 2.00 bits per heavy atom. The molecule has 1 atom stereocenters. The number of hydrogen-bond acceptors (Lipinski definition) is 4. The number of aryl methyl sites for hydroxylation is 1. The number of rotatable bonds is 5. The fraction of sp³-hybridized carbons (Fsp3) is 0.357. The highest BCUT2D eigenvalue weighted by Gasteiger charge is 2.19. The molecule has 2 aromatic heterocycles. The lowest BCUT2D eigenvalue weighted by molar-refractivity contribution is 0.527. The van der Waals surface area contributed by atoms with Gasteiger partial charge in [0.15, 0.2) is 0 Å². The Morgan fingerprint density at radius 1 is 1.26 bits per heavy atom. The van der Waals surface area contributed by atoms with Crippen molar-refractivity contribution in [2.75, 3.05) is 6.54 Å². The van der Waals surface area contributed by atoms with Gasteiger partial charge in [-0.2, -0.15) is 0 Å². The van der Waals surface area contributed by atoms with Crippen LogP contribution in [-0.4, -0.2) is 21.5 Å². The third kappa shape index (κ3) is 3.32. The van der Waals surface area contributed by atoms with Crippen LogP contribution < -0.4 is 5.32 Å². The molecule has 0 aliphatic carbocycles. The van der Waals surface area contributed by atoms with Gasteiger partial charge in [0.1, 0.15) is 11.6 Å². The summed E-state index contributed by atoms with van der Waals surface area (Å²) in [5.41, 5.74) is 1.50. The summed E-state index contributed by atoms with van der Waals surface area (Å²) in [5, 5.41) is 3.27. The van der Waals surface area contributed by atoms with Crippen molar-refractivity contribution in [3.05, 3.63) is 53.6 Å². The first-order valence-electron chi connectivity index (χ1n) is 6.33. The van der Waals surface area contributed by atoms with Gasteiger partial charge in [-0.25, -0.2) is 14.4 Å². The van der Waals surface area contributed by atoms with Crippen LogP contribution in [0.3, 0.4) is 0 Å². The zero-order chi connectivity index (χ0) is 13.7. The van der Waals surface area contributed by atoms with Crippen LogP contribution in [0, 0.1) is 12.7 Å².